The minimum atomic E-state index is -3.27. The zero-order valence-corrected chi connectivity index (χ0v) is 15.5. The van der Waals surface area contributed by atoms with E-state index in [0.29, 0.717) is 25.3 Å². The number of hydrogen-bond acceptors (Lipinski definition) is 4. The molecule has 1 amide bonds. The lowest BCUT2D eigenvalue weighted by atomic mass is 10.0. The summed E-state index contributed by atoms with van der Waals surface area (Å²) >= 11 is 0. The minimum Gasteiger partial charge on any atom is -0.351 e. The molecule has 2 atom stereocenters. The maximum Gasteiger partial charge on any atom is 0.268 e. The Hall–Kier alpha value is -1.90. The lowest BCUT2D eigenvalue weighted by Gasteiger charge is -2.22. The Labute approximate surface area is 148 Å². The largest absolute Gasteiger partial charge is 0.351 e. The molecule has 0 radical (unpaired) electrons. The van der Waals surface area contributed by atoms with Gasteiger partial charge in [0.2, 0.25) is 10.0 Å². The summed E-state index contributed by atoms with van der Waals surface area (Å²) in [6.07, 6.45) is 1.21. The van der Waals surface area contributed by atoms with E-state index in [-0.39, 0.29) is 17.9 Å². The SMILES string of the molecule is CN(C)C[C@@H]1CN(S(C)(=O)=O)C[C@H]1NC(=O)c1cc2ccccc2[nH]1. The van der Waals surface area contributed by atoms with Gasteiger partial charge in [0, 0.05) is 42.5 Å². The number of para-hydroxylation sites is 1. The van der Waals surface area contributed by atoms with Crippen LogP contribution in [-0.2, 0) is 10.0 Å². The molecule has 1 fully saturated rings. The smallest absolute Gasteiger partial charge is 0.268 e. The number of rotatable bonds is 5. The Bertz CT molecular complexity index is 842. The van der Waals surface area contributed by atoms with Crippen molar-refractivity contribution in [2.24, 2.45) is 5.92 Å². The van der Waals surface area contributed by atoms with Crippen LogP contribution < -0.4 is 5.32 Å². The summed E-state index contributed by atoms with van der Waals surface area (Å²) in [5, 5.41) is 3.98. The van der Waals surface area contributed by atoms with Gasteiger partial charge in [-0.1, -0.05) is 18.2 Å². The van der Waals surface area contributed by atoms with Crippen LogP contribution in [0.25, 0.3) is 10.9 Å². The van der Waals surface area contributed by atoms with Crippen LogP contribution in [0.1, 0.15) is 10.5 Å². The molecule has 25 heavy (non-hydrogen) atoms. The van der Waals surface area contributed by atoms with Crippen molar-refractivity contribution in [3.05, 3.63) is 36.0 Å². The molecule has 0 aliphatic carbocycles. The average Bonchev–Trinajstić information content (AvgIpc) is 3.10. The predicted octanol–water partition coefficient (Wildman–Crippen LogP) is 0.719. The number of amides is 1. The average molecular weight is 364 g/mol. The molecule has 0 unspecified atom stereocenters. The fourth-order valence-corrected chi connectivity index (χ4v) is 4.26. The van der Waals surface area contributed by atoms with Gasteiger partial charge >= 0.3 is 0 Å². The van der Waals surface area contributed by atoms with Crippen molar-refractivity contribution < 1.29 is 13.2 Å². The summed E-state index contributed by atoms with van der Waals surface area (Å²) in [4.78, 5) is 17.8. The number of nitrogens with one attached hydrogen (secondary N) is 2. The zero-order chi connectivity index (χ0) is 18.2. The number of hydrogen-bond donors (Lipinski definition) is 2. The molecule has 3 rings (SSSR count). The molecule has 2 aromatic rings. The molecule has 0 saturated carbocycles. The molecule has 1 aromatic heterocycles. The molecule has 2 heterocycles. The molecule has 1 saturated heterocycles. The molecule has 2 N–H and O–H groups in total. The van der Waals surface area contributed by atoms with Crippen molar-refractivity contribution >= 4 is 26.8 Å². The summed E-state index contributed by atoms with van der Waals surface area (Å²) in [6.45, 7) is 1.45. The molecule has 1 aliphatic rings. The normalized spacial score (nSPS) is 21.9. The number of H-pyrrole nitrogens is 1. The third kappa shape index (κ3) is 4.02. The number of nitrogens with zero attached hydrogens (tertiary/aromatic N) is 2. The number of carbonyl (C=O) groups excluding carboxylic acids is 1. The van der Waals surface area contributed by atoms with Crippen LogP contribution in [0.2, 0.25) is 0 Å². The summed E-state index contributed by atoms with van der Waals surface area (Å²) in [5.41, 5.74) is 1.39. The molecule has 1 aromatic carbocycles. The Morgan fingerprint density at radius 1 is 1.32 bits per heavy atom. The van der Waals surface area contributed by atoms with Gasteiger partial charge in [0.15, 0.2) is 0 Å². The molecule has 1 aliphatic heterocycles. The molecular formula is C17H24N4O3S. The first-order chi connectivity index (χ1) is 11.7. The maximum atomic E-state index is 12.6. The van der Waals surface area contributed by atoms with Gasteiger partial charge in [-0.05, 0) is 26.2 Å². The lowest BCUT2D eigenvalue weighted by Crippen LogP contribution is -2.43. The lowest BCUT2D eigenvalue weighted by molar-refractivity contribution is 0.0923. The van der Waals surface area contributed by atoms with Crippen molar-refractivity contribution in [2.75, 3.05) is 40.0 Å². The van der Waals surface area contributed by atoms with Gasteiger partial charge in [-0.15, -0.1) is 0 Å². The summed E-state index contributed by atoms with van der Waals surface area (Å²) in [6, 6.07) is 9.30. The van der Waals surface area contributed by atoms with E-state index in [4.69, 9.17) is 0 Å². The van der Waals surface area contributed by atoms with Gasteiger partial charge in [-0.25, -0.2) is 8.42 Å². The zero-order valence-electron chi connectivity index (χ0n) is 14.7. The highest BCUT2D eigenvalue weighted by molar-refractivity contribution is 7.88. The Kier molecular flexibility index (Phi) is 4.86. The van der Waals surface area contributed by atoms with E-state index in [1.807, 2.05) is 49.3 Å². The van der Waals surface area contributed by atoms with Crippen LogP contribution >= 0.6 is 0 Å². The van der Waals surface area contributed by atoms with Gasteiger partial charge < -0.3 is 15.2 Å². The molecule has 136 valence electrons. The number of aromatic amines is 1. The van der Waals surface area contributed by atoms with Crippen molar-refractivity contribution in [2.45, 2.75) is 6.04 Å². The van der Waals surface area contributed by atoms with E-state index in [0.717, 1.165) is 10.9 Å². The van der Waals surface area contributed by atoms with E-state index in [1.165, 1.54) is 10.6 Å². The van der Waals surface area contributed by atoms with E-state index >= 15 is 0 Å². The van der Waals surface area contributed by atoms with Crippen LogP contribution in [0.5, 0.6) is 0 Å². The Morgan fingerprint density at radius 2 is 2.04 bits per heavy atom. The highest BCUT2D eigenvalue weighted by Crippen LogP contribution is 2.21. The van der Waals surface area contributed by atoms with Gasteiger partial charge in [0.25, 0.3) is 5.91 Å². The van der Waals surface area contributed by atoms with Crippen LogP contribution in [0.3, 0.4) is 0 Å². The number of aromatic nitrogens is 1. The number of sulfonamides is 1. The van der Waals surface area contributed by atoms with Crippen molar-refractivity contribution in [3.8, 4) is 0 Å². The number of fused-ring (bicyclic) bond motifs is 1. The molecule has 8 heteroatoms. The topological polar surface area (TPSA) is 85.5 Å². The molecule has 0 bridgehead atoms. The van der Waals surface area contributed by atoms with Gasteiger partial charge in [0.1, 0.15) is 5.69 Å². The van der Waals surface area contributed by atoms with Gasteiger partial charge in [-0.2, -0.15) is 4.31 Å². The fourth-order valence-electron chi connectivity index (χ4n) is 3.36. The Balaban J connectivity index is 1.77. The van der Waals surface area contributed by atoms with Crippen LogP contribution in [-0.4, -0.2) is 74.5 Å². The third-order valence-electron chi connectivity index (χ3n) is 4.57. The Morgan fingerprint density at radius 3 is 2.68 bits per heavy atom. The van der Waals surface area contributed by atoms with E-state index in [2.05, 4.69) is 10.3 Å². The maximum absolute atomic E-state index is 12.6. The van der Waals surface area contributed by atoms with Crippen LogP contribution in [0.4, 0.5) is 0 Å². The van der Waals surface area contributed by atoms with Crippen molar-refractivity contribution in [1.29, 1.82) is 0 Å². The standard InChI is InChI=1S/C17H24N4O3S/c1-20(2)9-13-10-21(25(3,23)24)11-16(13)19-17(22)15-8-12-6-4-5-7-14(12)18-15/h4-8,13,16,18H,9-11H2,1-3H3,(H,19,22)/t13-,16-/m1/s1. The summed E-state index contributed by atoms with van der Waals surface area (Å²) < 4.78 is 25.2. The van der Waals surface area contributed by atoms with Gasteiger partial charge in [-0.3, -0.25) is 4.79 Å². The summed E-state index contributed by atoms with van der Waals surface area (Å²) in [5.74, 6) is -0.154. The molecule has 7 nitrogen and oxygen atoms in total. The quantitative estimate of drug-likeness (QED) is 0.819. The first kappa shape index (κ1) is 17.9. The van der Waals surface area contributed by atoms with E-state index in [1.54, 1.807) is 0 Å². The second-order valence-corrected chi connectivity index (χ2v) is 8.93. The van der Waals surface area contributed by atoms with Crippen LogP contribution in [0, 0.1) is 5.92 Å². The van der Waals surface area contributed by atoms with Crippen molar-refractivity contribution in [1.82, 2.24) is 19.5 Å². The monoisotopic (exact) mass is 364 g/mol. The third-order valence-corrected chi connectivity index (χ3v) is 5.80. The molecular weight excluding hydrogens is 340 g/mol. The number of benzene rings is 1. The first-order valence-electron chi connectivity index (χ1n) is 8.22. The van der Waals surface area contributed by atoms with E-state index in [9.17, 15) is 13.2 Å². The first-order valence-corrected chi connectivity index (χ1v) is 10.1. The highest BCUT2D eigenvalue weighted by atomic mass is 32.2. The highest BCUT2D eigenvalue weighted by Gasteiger charge is 2.38. The summed E-state index contributed by atoms with van der Waals surface area (Å²) in [7, 11) is 0.619. The number of carbonyl (C=O) groups is 1. The second-order valence-electron chi connectivity index (χ2n) is 6.95. The van der Waals surface area contributed by atoms with E-state index < -0.39 is 10.0 Å². The molecule has 0 spiro atoms. The van der Waals surface area contributed by atoms with Crippen molar-refractivity contribution in [3.63, 3.8) is 0 Å². The van der Waals surface area contributed by atoms with Gasteiger partial charge in [0.05, 0.1) is 6.26 Å². The predicted molar refractivity (Wildman–Crippen MR) is 98.0 cm³/mol. The fraction of sp³-hybridized carbons (Fsp3) is 0.471. The second kappa shape index (κ2) is 6.78. The minimum absolute atomic E-state index is 0.0538. The van der Waals surface area contributed by atoms with Crippen LogP contribution in [0.15, 0.2) is 30.3 Å².